The molecule has 0 heterocycles. The zero-order valence-corrected chi connectivity index (χ0v) is 43.5. The number of aliphatic carboxylic acids is 3. The van der Waals surface area contributed by atoms with Crippen molar-refractivity contribution in [2.45, 2.75) is 219 Å². The molecule has 0 fully saturated rings. The number of carboxylic acid groups (broad SMARTS) is 3. The molecule has 2 N–H and O–H groups in total. The van der Waals surface area contributed by atoms with Crippen molar-refractivity contribution in [3.05, 3.63) is 0 Å². The van der Waals surface area contributed by atoms with E-state index in [-0.39, 0.29) is 79.0 Å². The normalized spacial score (nSPS) is 11.2. The molecule has 16 heteroatoms. The van der Waals surface area contributed by atoms with Gasteiger partial charge in [-0.3, -0.25) is 44.5 Å². The number of carbonyl (C=O) groups is 7. The van der Waals surface area contributed by atoms with Crippen LogP contribution in [0.5, 0.6) is 0 Å². The molecule has 0 aliphatic rings. The SMILES string of the molecule is CCCCCCCCCCCCCCCCCC(=O)NC(=O)CN(CCN(CCN(CC(=O)[O-])CC(=O)NC(=O)CCCCCCCCCCCCCCCCC)CC(=O)[O-])CC(=O)[O-].[Gd+3]. The van der Waals surface area contributed by atoms with Crippen molar-refractivity contribution >= 4 is 41.5 Å². The fourth-order valence-corrected chi connectivity index (χ4v) is 8.05. The largest absolute Gasteiger partial charge is 3.00 e. The fourth-order valence-electron chi connectivity index (χ4n) is 8.05. The van der Waals surface area contributed by atoms with Crippen molar-refractivity contribution in [2.75, 3.05) is 58.9 Å². The van der Waals surface area contributed by atoms with E-state index in [2.05, 4.69) is 24.5 Å². The molecule has 0 bridgehead atoms. The summed E-state index contributed by atoms with van der Waals surface area (Å²) in [5.41, 5.74) is 0. The first-order valence-corrected chi connectivity index (χ1v) is 25.8. The van der Waals surface area contributed by atoms with E-state index in [0.717, 1.165) is 38.5 Å². The number of imide groups is 2. The van der Waals surface area contributed by atoms with Crippen molar-refractivity contribution in [1.82, 2.24) is 25.3 Å². The second-order valence-electron chi connectivity index (χ2n) is 18.2. The number of carboxylic acids is 3. The van der Waals surface area contributed by atoms with Gasteiger partial charge in [-0.05, 0) is 12.8 Å². The summed E-state index contributed by atoms with van der Waals surface area (Å²) in [6.45, 7) is 1.24. The second kappa shape index (κ2) is 47.9. The van der Waals surface area contributed by atoms with Gasteiger partial charge >= 0.3 is 39.9 Å². The third-order valence-electron chi connectivity index (χ3n) is 11.8. The molecule has 0 aliphatic carbocycles. The molecular formula is C50H90GdN5O10. The minimum atomic E-state index is -1.48. The van der Waals surface area contributed by atoms with E-state index in [4.69, 9.17) is 0 Å². The van der Waals surface area contributed by atoms with Crippen LogP contribution in [0.1, 0.15) is 219 Å². The minimum Gasteiger partial charge on any atom is -0.549 e. The predicted octanol–water partition coefficient (Wildman–Crippen LogP) is 4.95. The average Bonchev–Trinajstić information content (AvgIpc) is 3.23. The van der Waals surface area contributed by atoms with Gasteiger partial charge in [-0.25, -0.2) is 0 Å². The van der Waals surface area contributed by atoms with Gasteiger partial charge in [0.2, 0.25) is 23.6 Å². The molecule has 0 aromatic rings. The molecule has 383 valence electrons. The van der Waals surface area contributed by atoms with Gasteiger partial charge in [-0.2, -0.15) is 0 Å². The third kappa shape index (κ3) is 47.0. The summed E-state index contributed by atoms with van der Waals surface area (Å²) in [7, 11) is 0. The molecular weight excluding hydrogens is 988 g/mol. The van der Waals surface area contributed by atoms with E-state index in [0.29, 0.717) is 12.8 Å². The first-order valence-electron chi connectivity index (χ1n) is 25.8. The fraction of sp³-hybridized carbons (Fsp3) is 0.860. The van der Waals surface area contributed by atoms with Gasteiger partial charge in [-0.15, -0.1) is 0 Å². The quantitative estimate of drug-likeness (QED) is 0.0772. The van der Waals surface area contributed by atoms with Gasteiger partial charge in [0.15, 0.2) is 0 Å². The molecule has 0 saturated heterocycles. The van der Waals surface area contributed by atoms with Gasteiger partial charge in [-0.1, -0.05) is 194 Å². The topological polar surface area (TPSA) is 222 Å². The molecule has 0 spiro atoms. The molecule has 0 rings (SSSR count). The van der Waals surface area contributed by atoms with Gasteiger partial charge in [0.1, 0.15) is 0 Å². The van der Waals surface area contributed by atoms with Crippen LogP contribution in [0.4, 0.5) is 0 Å². The molecule has 0 aromatic heterocycles. The second-order valence-corrected chi connectivity index (χ2v) is 18.2. The molecule has 0 atom stereocenters. The molecule has 0 unspecified atom stereocenters. The van der Waals surface area contributed by atoms with Crippen LogP contribution in [0.25, 0.3) is 0 Å². The Kier molecular flexibility index (Phi) is 47.9. The number of hydrogen-bond acceptors (Lipinski definition) is 13. The Morgan fingerprint density at radius 3 is 0.758 bits per heavy atom. The number of nitrogens with zero attached hydrogens (tertiary/aromatic N) is 3. The van der Waals surface area contributed by atoms with Crippen molar-refractivity contribution < 1.29 is 88.8 Å². The predicted molar refractivity (Wildman–Crippen MR) is 250 cm³/mol. The van der Waals surface area contributed by atoms with E-state index >= 15 is 0 Å². The van der Waals surface area contributed by atoms with E-state index in [1.807, 2.05) is 0 Å². The summed E-state index contributed by atoms with van der Waals surface area (Å²) in [4.78, 5) is 88.5. The summed E-state index contributed by atoms with van der Waals surface area (Å²) in [5, 5.41) is 39.1. The van der Waals surface area contributed by atoms with Crippen molar-refractivity contribution in [3.63, 3.8) is 0 Å². The van der Waals surface area contributed by atoms with Gasteiger partial charge in [0.05, 0.1) is 31.0 Å². The van der Waals surface area contributed by atoms with E-state index in [1.165, 1.54) is 156 Å². The zero-order chi connectivity index (χ0) is 48.2. The summed E-state index contributed by atoms with van der Waals surface area (Å²) >= 11 is 0. The Morgan fingerprint density at radius 2 is 0.515 bits per heavy atom. The summed E-state index contributed by atoms with van der Waals surface area (Å²) in [5.74, 6) is -6.73. The number of rotatable bonds is 48. The maximum atomic E-state index is 12.7. The van der Waals surface area contributed by atoms with Crippen molar-refractivity contribution in [2.24, 2.45) is 0 Å². The van der Waals surface area contributed by atoms with Crippen LogP contribution in [-0.2, 0) is 33.6 Å². The Labute approximate surface area is 431 Å². The minimum absolute atomic E-state index is 0. The van der Waals surface area contributed by atoms with E-state index < -0.39 is 74.3 Å². The first kappa shape index (κ1) is 66.0. The monoisotopic (exact) mass is 1080 g/mol. The van der Waals surface area contributed by atoms with Crippen LogP contribution in [0.15, 0.2) is 0 Å². The van der Waals surface area contributed by atoms with Crippen LogP contribution in [-0.4, -0.2) is 115 Å². The number of carbonyl (C=O) groups excluding carboxylic acids is 7. The Hall–Kier alpha value is -2.11. The Morgan fingerprint density at radius 1 is 0.303 bits per heavy atom. The molecule has 15 nitrogen and oxygen atoms in total. The van der Waals surface area contributed by atoms with Gasteiger partial charge < -0.3 is 29.7 Å². The Bertz CT molecular complexity index is 1190. The van der Waals surface area contributed by atoms with Crippen LogP contribution in [0.2, 0.25) is 0 Å². The van der Waals surface area contributed by atoms with Crippen LogP contribution in [0, 0.1) is 39.9 Å². The van der Waals surface area contributed by atoms with Gasteiger partial charge in [0.25, 0.3) is 0 Å². The number of unbranched alkanes of at least 4 members (excludes halogenated alkanes) is 28. The zero-order valence-electron chi connectivity index (χ0n) is 41.3. The molecule has 0 saturated carbocycles. The smallest absolute Gasteiger partial charge is 0.549 e. The molecule has 0 aromatic carbocycles. The molecule has 66 heavy (non-hydrogen) atoms. The molecule has 1 radical (unpaired) electrons. The third-order valence-corrected chi connectivity index (χ3v) is 11.8. The number of hydrogen-bond donors (Lipinski definition) is 2. The van der Waals surface area contributed by atoms with Crippen LogP contribution >= 0.6 is 0 Å². The maximum Gasteiger partial charge on any atom is 3.00 e. The summed E-state index contributed by atoms with van der Waals surface area (Å²) < 4.78 is 0. The Balaban J connectivity index is 0. The molecule has 4 amide bonds. The summed E-state index contributed by atoms with van der Waals surface area (Å²) in [6.07, 6.45) is 36.1. The van der Waals surface area contributed by atoms with Gasteiger partial charge in [0, 0.05) is 58.7 Å². The average molecular weight is 1080 g/mol. The first-order chi connectivity index (χ1) is 31.4. The summed E-state index contributed by atoms with van der Waals surface area (Å²) in [6, 6.07) is 0. The maximum absolute atomic E-state index is 12.7. The van der Waals surface area contributed by atoms with Crippen molar-refractivity contribution in [1.29, 1.82) is 0 Å². The van der Waals surface area contributed by atoms with E-state index in [1.54, 1.807) is 0 Å². The van der Waals surface area contributed by atoms with Crippen LogP contribution in [0.3, 0.4) is 0 Å². The van der Waals surface area contributed by atoms with Crippen molar-refractivity contribution in [3.8, 4) is 0 Å². The number of nitrogens with one attached hydrogen (secondary N) is 2. The van der Waals surface area contributed by atoms with Crippen LogP contribution < -0.4 is 26.0 Å². The standard InChI is InChI=1S/C50H93N5O10.Gd/c1-3-5-7-9-11-13-15-17-19-21-23-25-27-29-31-33-44(56)51-46(58)39-54(42-49(62)63)37-35-53(41-48(60)61)36-38-55(43-50(64)65)40-47(59)52-45(57)34-32-30-28-26-24-22-20-18-16-14-12-10-8-6-4-2;/h3-43H2,1-2H3,(H,60,61)(H,62,63)(H,64,65)(H,51,56,58)(H,52,57,59);/q;+3/p-3. The molecule has 0 aliphatic heterocycles. The van der Waals surface area contributed by atoms with E-state index in [9.17, 15) is 48.9 Å². The number of amides is 4.